The van der Waals surface area contributed by atoms with E-state index in [0.717, 1.165) is 16.1 Å². The van der Waals surface area contributed by atoms with Gasteiger partial charge in [-0.25, -0.2) is 14.1 Å². The van der Waals surface area contributed by atoms with Crippen LogP contribution in [0.15, 0.2) is 16.7 Å². The minimum absolute atomic E-state index is 0.0543. The molecule has 19 heteroatoms. The number of amides is 2. The Hall–Kier alpha value is -3.68. The number of thiazole rings is 1. The largest absolute Gasteiger partial charge is 0.479 e. The minimum atomic E-state index is -4.95. The van der Waals surface area contributed by atoms with Crippen LogP contribution in [0.2, 0.25) is 0 Å². The third-order valence-electron chi connectivity index (χ3n) is 4.17. The summed E-state index contributed by atoms with van der Waals surface area (Å²) < 4.78 is 32.8. The average Bonchev–Trinajstić information content (AvgIpc) is 3.36. The molecule has 0 aromatic carbocycles. The Morgan fingerprint density at radius 2 is 2.12 bits per heavy atom. The molecule has 7 N–H and O–H groups in total. The lowest BCUT2D eigenvalue weighted by molar-refractivity contribution is -0.145. The third-order valence-corrected chi connectivity index (χ3v) is 5.79. The first-order chi connectivity index (χ1) is 15.5. The van der Waals surface area contributed by atoms with Crippen LogP contribution in [0.4, 0.5) is 5.13 Å². The van der Waals surface area contributed by atoms with E-state index in [4.69, 9.17) is 16.6 Å². The Bertz CT molecular complexity index is 1210. The van der Waals surface area contributed by atoms with Gasteiger partial charge in [0.15, 0.2) is 10.8 Å². The normalized spacial score (nSPS) is 18.7. The van der Waals surface area contributed by atoms with Crippen LogP contribution in [0, 0.1) is 0 Å². The van der Waals surface area contributed by atoms with E-state index in [2.05, 4.69) is 30.5 Å². The molecule has 2 aromatic rings. The number of carbonyl (C=O) groups excluding carboxylic acids is 2. The smallest absolute Gasteiger partial charge is 0.362 e. The molecule has 2 unspecified atom stereocenters. The summed E-state index contributed by atoms with van der Waals surface area (Å²) in [5.41, 5.74) is 10.8. The molecule has 178 valence electrons. The number of hydrogen-bond donors (Lipinski definition) is 5. The van der Waals surface area contributed by atoms with Gasteiger partial charge < -0.3 is 26.7 Å². The second kappa shape index (κ2) is 9.44. The number of carboxylic acids is 1. The number of nitrogen functional groups attached to an aromatic ring is 1. The van der Waals surface area contributed by atoms with Crippen molar-refractivity contribution in [2.75, 3.05) is 12.3 Å². The second-order valence-electron chi connectivity index (χ2n) is 6.40. The van der Waals surface area contributed by atoms with E-state index in [9.17, 15) is 27.4 Å². The zero-order valence-corrected chi connectivity index (χ0v) is 18.1. The number of aromatic nitrogens is 4. The maximum absolute atomic E-state index is 12.8. The highest BCUT2D eigenvalue weighted by atomic mass is 32.2. The Morgan fingerprint density at radius 3 is 2.67 bits per heavy atom. The topological polar surface area (TPSA) is 258 Å². The van der Waals surface area contributed by atoms with Gasteiger partial charge in [-0.1, -0.05) is 5.16 Å². The van der Waals surface area contributed by atoms with Crippen LogP contribution in [0.25, 0.3) is 0 Å². The molecule has 2 atom stereocenters. The zero-order valence-electron chi connectivity index (χ0n) is 16.4. The van der Waals surface area contributed by atoms with Gasteiger partial charge in [0.1, 0.15) is 17.8 Å². The van der Waals surface area contributed by atoms with Crippen LogP contribution in [-0.4, -0.2) is 84.5 Å². The molecule has 0 spiro atoms. The molecular formula is C14H17N9O8S2. The highest BCUT2D eigenvalue weighted by Crippen LogP contribution is 2.25. The van der Waals surface area contributed by atoms with Crippen molar-refractivity contribution < 1.29 is 37.3 Å². The minimum Gasteiger partial charge on any atom is -0.479 e. The Balaban J connectivity index is 1.84. The summed E-state index contributed by atoms with van der Waals surface area (Å²) in [7, 11) is -4.95. The molecule has 0 bridgehead atoms. The van der Waals surface area contributed by atoms with Gasteiger partial charge in [-0.15, -0.1) is 11.3 Å². The first-order valence-corrected chi connectivity index (χ1v) is 11.1. The van der Waals surface area contributed by atoms with E-state index in [1.165, 1.54) is 11.6 Å². The van der Waals surface area contributed by atoms with Crippen molar-refractivity contribution in [3.8, 4) is 0 Å². The molecule has 17 nitrogen and oxygen atoms in total. The standard InChI is InChI=1S/C14H17N9O8S2/c15-1-6-2-17-22(20-6)3-8-11(13(27)23(8)33(28,29)30)19-12(26)10(21-31-4-9(24)25)7-5-32-14(16)18-7/h2,5,8,11H,1,3-4,15H2,(H2,16,18)(H,19,26)(H,24,25)(H,28,29,30)/b21-10-. The Kier molecular flexibility index (Phi) is 6.86. The average molecular weight is 503 g/mol. The third kappa shape index (κ3) is 5.39. The zero-order chi connectivity index (χ0) is 24.3. The van der Waals surface area contributed by atoms with Crippen molar-refractivity contribution in [2.24, 2.45) is 10.9 Å². The van der Waals surface area contributed by atoms with E-state index in [1.807, 2.05) is 0 Å². The number of oxime groups is 1. The Morgan fingerprint density at radius 1 is 1.39 bits per heavy atom. The van der Waals surface area contributed by atoms with Gasteiger partial charge in [0.25, 0.3) is 11.8 Å². The summed E-state index contributed by atoms with van der Waals surface area (Å²) >= 11 is 0.956. The molecule has 1 aliphatic heterocycles. The summed E-state index contributed by atoms with van der Waals surface area (Å²) in [5, 5.41) is 23.7. The molecule has 0 aliphatic carbocycles. The van der Waals surface area contributed by atoms with E-state index in [0.29, 0.717) is 5.69 Å². The number of hydrogen-bond acceptors (Lipinski definition) is 13. The van der Waals surface area contributed by atoms with Crippen molar-refractivity contribution in [3.63, 3.8) is 0 Å². The highest BCUT2D eigenvalue weighted by Gasteiger charge is 2.54. The number of nitrogens with two attached hydrogens (primary N) is 2. The molecule has 3 rings (SSSR count). The SMILES string of the molecule is NCc1cnn(CC2C(NC(=O)/C(=N\OCC(=O)O)c3csc(N)n3)C(=O)N2S(=O)(=O)O)n1. The number of nitrogens with one attached hydrogen (secondary N) is 1. The van der Waals surface area contributed by atoms with Gasteiger partial charge >= 0.3 is 16.3 Å². The Labute approximate surface area is 188 Å². The van der Waals surface area contributed by atoms with Gasteiger partial charge in [-0.2, -0.15) is 23.4 Å². The van der Waals surface area contributed by atoms with Crippen LogP contribution < -0.4 is 16.8 Å². The van der Waals surface area contributed by atoms with E-state index < -0.39 is 52.5 Å². The summed E-state index contributed by atoms with van der Waals surface area (Å²) in [6, 6.07) is -2.73. The van der Waals surface area contributed by atoms with Crippen molar-refractivity contribution in [3.05, 3.63) is 23.0 Å². The van der Waals surface area contributed by atoms with Crippen molar-refractivity contribution in [1.82, 2.24) is 29.6 Å². The van der Waals surface area contributed by atoms with Crippen molar-refractivity contribution in [2.45, 2.75) is 25.2 Å². The summed E-state index contributed by atoms with van der Waals surface area (Å²) in [5.74, 6) is -3.54. The highest BCUT2D eigenvalue weighted by molar-refractivity contribution is 7.84. The lowest BCUT2D eigenvalue weighted by Gasteiger charge is -2.43. The molecule has 2 aromatic heterocycles. The monoisotopic (exact) mass is 503 g/mol. The van der Waals surface area contributed by atoms with Gasteiger partial charge in [-0.05, 0) is 0 Å². The second-order valence-corrected chi connectivity index (χ2v) is 8.58. The quantitative estimate of drug-likeness (QED) is 0.0926. The first kappa shape index (κ1) is 24.0. The van der Waals surface area contributed by atoms with Crippen molar-refractivity contribution in [1.29, 1.82) is 0 Å². The summed E-state index contributed by atoms with van der Waals surface area (Å²) in [6.45, 7) is -1.13. The fourth-order valence-electron chi connectivity index (χ4n) is 2.79. The van der Waals surface area contributed by atoms with Gasteiger partial charge in [-0.3, -0.25) is 14.1 Å². The molecule has 1 saturated heterocycles. The molecule has 1 fully saturated rings. The van der Waals surface area contributed by atoms with Crippen LogP contribution in [0.3, 0.4) is 0 Å². The number of carboxylic acid groups (broad SMARTS) is 1. The molecule has 1 aliphatic rings. The van der Waals surface area contributed by atoms with Gasteiger partial charge in [0.05, 0.1) is 18.4 Å². The molecule has 2 amide bonds. The predicted octanol–water partition coefficient (Wildman–Crippen LogP) is -3.22. The molecule has 3 heterocycles. The number of aliphatic carboxylic acids is 1. The van der Waals surface area contributed by atoms with Crippen LogP contribution in [0.5, 0.6) is 0 Å². The van der Waals surface area contributed by atoms with Crippen LogP contribution >= 0.6 is 11.3 Å². The van der Waals surface area contributed by atoms with E-state index in [1.54, 1.807) is 0 Å². The maximum Gasteiger partial charge on any atom is 0.362 e. The van der Waals surface area contributed by atoms with Gasteiger partial charge in [0.2, 0.25) is 6.61 Å². The lowest BCUT2D eigenvalue weighted by Crippen LogP contribution is -2.73. The molecule has 0 saturated carbocycles. The van der Waals surface area contributed by atoms with Crippen molar-refractivity contribution >= 4 is 50.3 Å². The fraction of sp³-hybridized carbons (Fsp3) is 0.357. The number of nitrogens with zero attached hydrogens (tertiary/aromatic N) is 6. The number of anilines is 1. The van der Waals surface area contributed by atoms with Gasteiger partial charge in [0, 0.05) is 11.9 Å². The predicted molar refractivity (Wildman–Crippen MR) is 109 cm³/mol. The van der Waals surface area contributed by atoms with E-state index >= 15 is 0 Å². The maximum atomic E-state index is 12.8. The molecule has 33 heavy (non-hydrogen) atoms. The number of β-lactam (4-membered cyclic amide) rings is 1. The summed E-state index contributed by atoms with van der Waals surface area (Å²) in [6.07, 6.45) is 1.32. The fourth-order valence-corrected chi connectivity index (χ4v) is 4.20. The lowest BCUT2D eigenvalue weighted by atomic mass is 9.98. The van der Waals surface area contributed by atoms with E-state index in [-0.39, 0.29) is 28.2 Å². The van der Waals surface area contributed by atoms with Crippen LogP contribution in [0.1, 0.15) is 11.4 Å². The van der Waals surface area contributed by atoms with Crippen LogP contribution in [-0.2, 0) is 42.6 Å². The number of carbonyl (C=O) groups is 3. The first-order valence-electron chi connectivity index (χ1n) is 8.85. The molecule has 0 radical (unpaired) electrons. The summed E-state index contributed by atoms with van der Waals surface area (Å²) in [4.78, 5) is 45.4. The molecular weight excluding hydrogens is 486 g/mol. The number of rotatable bonds is 10.